The third-order valence-corrected chi connectivity index (χ3v) is 5.03. The molecule has 2 aliphatic heterocycles. The lowest BCUT2D eigenvalue weighted by Crippen LogP contribution is -2.48. The summed E-state index contributed by atoms with van der Waals surface area (Å²) in [5, 5.41) is 2.91. The van der Waals surface area contributed by atoms with Crippen LogP contribution in [0.1, 0.15) is 49.9 Å². The number of benzene rings is 1. The lowest BCUT2D eigenvalue weighted by atomic mass is 9.89. The minimum atomic E-state index is 0.0547. The van der Waals surface area contributed by atoms with Crippen molar-refractivity contribution in [3.8, 4) is 5.75 Å². The first kappa shape index (κ1) is 17.8. The summed E-state index contributed by atoms with van der Waals surface area (Å²) in [6.45, 7) is 6.30. The van der Waals surface area contributed by atoms with Crippen LogP contribution >= 0.6 is 0 Å². The first-order chi connectivity index (χ1) is 12.0. The zero-order valence-electron chi connectivity index (χ0n) is 15.2. The maximum Gasteiger partial charge on any atom is 0.254 e. The van der Waals surface area contributed by atoms with Gasteiger partial charge in [-0.3, -0.25) is 9.59 Å². The second kappa shape index (κ2) is 7.89. The smallest absolute Gasteiger partial charge is 0.254 e. The Morgan fingerprint density at radius 3 is 2.92 bits per heavy atom. The van der Waals surface area contributed by atoms with Crippen LogP contribution in [0, 0.1) is 11.8 Å². The molecule has 1 aromatic rings. The molecule has 2 aliphatic rings. The molecule has 5 heteroatoms. The summed E-state index contributed by atoms with van der Waals surface area (Å²) in [6, 6.07) is 7.62. The summed E-state index contributed by atoms with van der Waals surface area (Å²) in [5.74, 6) is 1.58. The van der Waals surface area contributed by atoms with Gasteiger partial charge >= 0.3 is 0 Å². The van der Waals surface area contributed by atoms with Crippen molar-refractivity contribution in [1.29, 1.82) is 0 Å². The van der Waals surface area contributed by atoms with Gasteiger partial charge in [0.2, 0.25) is 5.91 Å². The fraction of sp³-hybridized carbons (Fsp3) is 0.600. The van der Waals surface area contributed by atoms with Crippen molar-refractivity contribution in [2.24, 2.45) is 11.8 Å². The van der Waals surface area contributed by atoms with E-state index in [-0.39, 0.29) is 23.8 Å². The Morgan fingerprint density at radius 2 is 2.20 bits per heavy atom. The predicted molar refractivity (Wildman–Crippen MR) is 96.6 cm³/mol. The molecule has 1 N–H and O–H groups in total. The Kier molecular flexibility index (Phi) is 5.61. The van der Waals surface area contributed by atoms with E-state index in [1.807, 2.05) is 29.2 Å². The van der Waals surface area contributed by atoms with Gasteiger partial charge in [0.1, 0.15) is 5.75 Å². The number of likely N-dealkylation sites (tertiary alicyclic amines) is 1. The van der Waals surface area contributed by atoms with Crippen LogP contribution in [0.15, 0.2) is 24.3 Å². The minimum Gasteiger partial charge on any atom is -0.493 e. The average Bonchev–Trinajstić information content (AvgIpc) is 3.06. The molecule has 0 aliphatic carbocycles. The summed E-state index contributed by atoms with van der Waals surface area (Å²) in [7, 11) is 0. The molecule has 3 rings (SSSR count). The Hall–Kier alpha value is -2.04. The molecule has 1 aromatic carbocycles. The van der Waals surface area contributed by atoms with Gasteiger partial charge in [-0.2, -0.15) is 0 Å². The van der Waals surface area contributed by atoms with Crippen molar-refractivity contribution in [1.82, 2.24) is 10.2 Å². The molecule has 2 fully saturated rings. The molecule has 2 heterocycles. The predicted octanol–water partition coefficient (Wildman–Crippen LogP) is 2.85. The molecular formula is C20H28N2O3. The molecule has 0 saturated carbocycles. The average molecular weight is 344 g/mol. The van der Waals surface area contributed by atoms with E-state index in [0.717, 1.165) is 31.6 Å². The lowest BCUT2D eigenvalue weighted by molar-refractivity contribution is -0.119. The molecule has 0 bridgehead atoms. The van der Waals surface area contributed by atoms with Crippen LogP contribution in [0.5, 0.6) is 5.75 Å². The summed E-state index contributed by atoms with van der Waals surface area (Å²) < 4.78 is 5.76. The first-order valence-corrected chi connectivity index (χ1v) is 9.35. The number of nitrogens with zero attached hydrogens (tertiary/aromatic N) is 1. The van der Waals surface area contributed by atoms with Crippen molar-refractivity contribution < 1.29 is 14.3 Å². The molecule has 0 aromatic heterocycles. The van der Waals surface area contributed by atoms with Gasteiger partial charge in [0.15, 0.2) is 0 Å². The van der Waals surface area contributed by atoms with E-state index in [1.165, 1.54) is 0 Å². The van der Waals surface area contributed by atoms with E-state index in [1.54, 1.807) is 0 Å². The van der Waals surface area contributed by atoms with Crippen LogP contribution in [-0.2, 0) is 4.79 Å². The van der Waals surface area contributed by atoms with E-state index in [9.17, 15) is 9.59 Å². The van der Waals surface area contributed by atoms with Crippen molar-refractivity contribution >= 4 is 11.8 Å². The maximum absolute atomic E-state index is 13.1. The van der Waals surface area contributed by atoms with Crippen molar-refractivity contribution in [2.45, 2.75) is 45.6 Å². The highest BCUT2D eigenvalue weighted by Crippen LogP contribution is 2.29. The Labute approximate surface area is 149 Å². The van der Waals surface area contributed by atoms with E-state index < -0.39 is 0 Å². The van der Waals surface area contributed by atoms with Crippen LogP contribution < -0.4 is 10.1 Å². The molecule has 0 radical (unpaired) electrons. The molecule has 25 heavy (non-hydrogen) atoms. The summed E-state index contributed by atoms with van der Waals surface area (Å²) in [4.78, 5) is 26.7. The van der Waals surface area contributed by atoms with Crippen LogP contribution in [0.25, 0.3) is 0 Å². The topological polar surface area (TPSA) is 58.6 Å². The number of carbonyl (C=O) groups excluding carboxylic acids is 2. The van der Waals surface area contributed by atoms with Gasteiger partial charge in [0, 0.05) is 37.0 Å². The van der Waals surface area contributed by atoms with Gasteiger partial charge in [0.25, 0.3) is 5.91 Å². The molecular weight excluding hydrogens is 316 g/mol. The summed E-state index contributed by atoms with van der Waals surface area (Å²) >= 11 is 0. The van der Waals surface area contributed by atoms with Gasteiger partial charge in [0.05, 0.1) is 6.61 Å². The summed E-state index contributed by atoms with van der Waals surface area (Å²) in [6.07, 6.45) is 3.66. The largest absolute Gasteiger partial charge is 0.493 e. The molecule has 2 amide bonds. The maximum atomic E-state index is 13.1. The quantitative estimate of drug-likeness (QED) is 0.893. The van der Waals surface area contributed by atoms with Crippen LogP contribution in [-0.4, -0.2) is 42.5 Å². The number of nitrogens with one attached hydrogen (secondary N) is 1. The van der Waals surface area contributed by atoms with Gasteiger partial charge in [-0.05, 0) is 43.4 Å². The summed E-state index contributed by atoms with van der Waals surface area (Å²) in [5.41, 5.74) is 0.672. The third kappa shape index (κ3) is 4.33. The number of piperidine rings is 1. The molecule has 2 saturated heterocycles. The number of amides is 2. The van der Waals surface area contributed by atoms with E-state index in [0.29, 0.717) is 31.1 Å². The minimum absolute atomic E-state index is 0.0547. The Bertz CT molecular complexity index is 629. The van der Waals surface area contributed by atoms with Gasteiger partial charge in [-0.15, -0.1) is 0 Å². The zero-order valence-corrected chi connectivity index (χ0v) is 15.2. The van der Waals surface area contributed by atoms with E-state index >= 15 is 0 Å². The van der Waals surface area contributed by atoms with Crippen molar-refractivity contribution in [2.75, 3.05) is 19.7 Å². The first-order valence-electron chi connectivity index (χ1n) is 9.35. The Balaban J connectivity index is 1.73. The normalized spacial score (nSPS) is 23.6. The fourth-order valence-corrected chi connectivity index (χ4v) is 3.75. The molecule has 0 spiro atoms. The number of hydrogen-bond acceptors (Lipinski definition) is 3. The molecule has 136 valence electrons. The molecule has 2 atom stereocenters. The highest BCUT2D eigenvalue weighted by molar-refractivity contribution is 5.95. The highest BCUT2D eigenvalue weighted by atomic mass is 16.5. The van der Waals surface area contributed by atoms with Crippen LogP contribution in [0.3, 0.4) is 0 Å². The van der Waals surface area contributed by atoms with E-state index in [2.05, 4.69) is 19.2 Å². The van der Waals surface area contributed by atoms with Gasteiger partial charge in [-0.1, -0.05) is 19.9 Å². The molecule has 5 nitrogen and oxygen atoms in total. The second-order valence-corrected chi connectivity index (χ2v) is 7.56. The zero-order chi connectivity index (χ0) is 17.8. The SMILES string of the molecule is CC(C)COc1cccc(C(=O)N2CCCCC2C2CNC(=O)C2)c1. The third-order valence-electron chi connectivity index (χ3n) is 5.03. The second-order valence-electron chi connectivity index (χ2n) is 7.56. The van der Waals surface area contributed by atoms with Crippen LogP contribution in [0.4, 0.5) is 0 Å². The monoisotopic (exact) mass is 344 g/mol. The van der Waals surface area contributed by atoms with E-state index in [4.69, 9.17) is 4.74 Å². The Morgan fingerprint density at radius 1 is 1.36 bits per heavy atom. The number of carbonyl (C=O) groups is 2. The number of rotatable bonds is 5. The van der Waals surface area contributed by atoms with Gasteiger partial charge in [-0.25, -0.2) is 0 Å². The standard InChI is InChI=1S/C20H28N2O3/c1-14(2)13-25-17-7-5-6-15(10-17)20(24)22-9-4-3-8-18(22)16-11-19(23)21-12-16/h5-7,10,14,16,18H,3-4,8-9,11-13H2,1-2H3,(H,21,23). The van der Waals surface area contributed by atoms with Crippen LogP contribution in [0.2, 0.25) is 0 Å². The molecule has 2 unspecified atom stereocenters. The number of ether oxygens (including phenoxy) is 1. The fourth-order valence-electron chi connectivity index (χ4n) is 3.75. The van der Waals surface area contributed by atoms with Crippen molar-refractivity contribution in [3.05, 3.63) is 29.8 Å². The lowest BCUT2D eigenvalue weighted by Gasteiger charge is -2.39. The number of hydrogen-bond donors (Lipinski definition) is 1. The van der Waals surface area contributed by atoms with Crippen molar-refractivity contribution in [3.63, 3.8) is 0 Å². The van der Waals surface area contributed by atoms with Gasteiger partial charge < -0.3 is 15.0 Å². The highest BCUT2D eigenvalue weighted by Gasteiger charge is 2.37.